The summed E-state index contributed by atoms with van der Waals surface area (Å²) in [5.41, 5.74) is 1.11. The summed E-state index contributed by atoms with van der Waals surface area (Å²) < 4.78 is 5.09. The van der Waals surface area contributed by atoms with E-state index < -0.39 is 0 Å². The van der Waals surface area contributed by atoms with Crippen LogP contribution in [0.2, 0.25) is 0 Å². The van der Waals surface area contributed by atoms with Crippen molar-refractivity contribution in [2.45, 2.75) is 13.8 Å². The Hall–Kier alpha value is 0.0974. The molecule has 50 valence electrons. The molecule has 0 atom stereocenters. The molecule has 1 rings (SSSR count). The van der Waals surface area contributed by atoms with E-state index in [0.29, 0.717) is 0 Å². The van der Waals surface area contributed by atoms with E-state index >= 15 is 0 Å². The van der Waals surface area contributed by atoms with E-state index in [1.165, 1.54) is 4.88 Å². The van der Waals surface area contributed by atoms with Crippen LogP contribution in [0.1, 0.15) is 10.4 Å². The topological polar surface area (TPSA) is 9.23 Å². The maximum Gasteiger partial charge on any atom is 1.00 e. The summed E-state index contributed by atoms with van der Waals surface area (Å²) in [6.45, 7) is 4.04. The molecule has 0 N–H and O–H groups in total. The van der Waals surface area contributed by atoms with Crippen molar-refractivity contribution in [2.24, 2.45) is 0 Å². The van der Waals surface area contributed by atoms with Gasteiger partial charge in [-0.1, -0.05) is 13.8 Å². The Morgan fingerprint density at radius 3 is 2.20 bits per heavy atom. The number of ether oxygens (including phenoxy) is 1. The molecule has 0 unspecified atom stereocenters. The van der Waals surface area contributed by atoms with Gasteiger partial charge in [0.05, 0.1) is 7.11 Å². The Morgan fingerprint density at radius 2 is 2.00 bits per heavy atom. The molecule has 0 saturated heterocycles. The maximum atomic E-state index is 5.09. The van der Waals surface area contributed by atoms with Gasteiger partial charge >= 0.3 is 18.9 Å². The Kier molecular flexibility index (Phi) is 4.12. The minimum absolute atomic E-state index is 0. The Labute approximate surface area is 77.6 Å². The van der Waals surface area contributed by atoms with Crippen molar-refractivity contribution in [1.29, 1.82) is 0 Å². The summed E-state index contributed by atoms with van der Waals surface area (Å²) in [4.78, 5) is 1.20. The number of rotatable bonds is 1. The van der Waals surface area contributed by atoms with Crippen LogP contribution in [0, 0.1) is 19.2 Å². The van der Waals surface area contributed by atoms with Gasteiger partial charge in [0, 0.05) is 0 Å². The number of methoxy groups -OCH3 is 1. The molecular weight excluding hydrogens is 139 g/mol. The van der Waals surface area contributed by atoms with Crippen LogP contribution in [0.3, 0.4) is 0 Å². The first-order chi connectivity index (χ1) is 4.25. The Bertz CT molecular complexity index is 188. The standard InChI is InChI=1S/C7H9OS.Li/c1-5-4-9-6(2)7(5)8-3;/h1-3H3;/q-1;+1. The molecule has 0 aromatic carbocycles. The number of hydrogen-bond donors (Lipinski definition) is 0. The second kappa shape index (κ2) is 4.08. The van der Waals surface area contributed by atoms with Crippen molar-refractivity contribution in [2.75, 3.05) is 7.11 Å². The molecule has 0 aliphatic rings. The van der Waals surface area contributed by atoms with Gasteiger partial charge in [0.1, 0.15) is 0 Å². The van der Waals surface area contributed by atoms with Crippen LogP contribution >= 0.6 is 11.3 Å². The van der Waals surface area contributed by atoms with Crippen molar-refractivity contribution < 1.29 is 23.6 Å². The van der Waals surface area contributed by atoms with Crippen LogP contribution < -0.4 is 23.6 Å². The molecule has 0 fully saturated rings. The molecule has 1 aromatic rings. The monoisotopic (exact) mass is 148 g/mol. The fourth-order valence-electron chi connectivity index (χ4n) is 0.807. The summed E-state index contributed by atoms with van der Waals surface area (Å²) in [6.07, 6.45) is 0. The molecule has 3 heteroatoms. The van der Waals surface area contributed by atoms with Crippen LogP contribution in [0.5, 0.6) is 5.75 Å². The average Bonchev–Trinajstić information content (AvgIpc) is 2.12. The normalized spacial score (nSPS) is 8.70. The summed E-state index contributed by atoms with van der Waals surface area (Å²) in [5, 5.41) is 3.10. The van der Waals surface area contributed by atoms with Gasteiger partial charge in [0.25, 0.3) is 0 Å². The van der Waals surface area contributed by atoms with E-state index in [9.17, 15) is 0 Å². The minimum Gasteiger partial charge on any atom is -0.564 e. The molecule has 0 saturated carbocycles. The molecule has 1 heterocycles. The predicted molar refractivity (Wildman–Crippen MR) is 39.2 cm³/mol. The average molecular weight is 148 g/mol. The first kappa shape index (κ1) is 10.1. The molecule has 10 heavy (non-hydrogen) atoms. The fourth-order valence-corrected chi connectivity index (χ4v) is 1.53. The van der Waals surface area contributed by atoms with Gasteiger partial charge in [-0.2, -0.15) is 0 Å². The zero-order chi connectivity index (χ0) is 6.85. The van der Waals surface area contributed by atoms with Crippen molar-refractivity contribution in [3.63, 3.8) is 0 Å². The van der Waals surface area contributed by atoms with Gasteiger partial charge in [-0.15, -0.1) is 15.8 Å². The predicted octanol–water partition coefficient (Wildman–Crippen LogP) is -0.822. The van der Waals surface area contributed by atoms with Crippen molar-refractivity contribution in [3.8, 4) is 5.75 Å². The molecule has 0 spiro atoms. The Morgan fingerprint density at radius 1 is 1.40 bits per heavy atom. The van der Waals surface area contributed by atoms with Crippen LogP contribution in [-0.4, -0.2) is 7.11 Å². The van der Waals surface area contributed by atoms with Crippen LogP contribution in [-0.2, 0) is 0 Å². The van der Waals surface area contributed by atoms with Crippen LogP contribution in [0.15, 0.2) is 0 Å². The van der Waals surface area contributed by atoms with Crippen molar-refractivity contribution in [3.05, 3.63) is 15.8 Å². The van der Waals surface area contributed by atoms with E-state index in [2.05, 4.69) is 5.38 Å². The number of hydrogen-bond acceptors (Lipinski definition) is 2. The summed E-state index contributed by atoms with van der Waals surface area (Å²) in [7, 11) is 1.69. The van der Waals surface area contributed by atoms with E-state index in [0.717, 1.165) is 11.3 Å². The second-order valence-corrected chi connectivity index (χ2v) is 2.94. The van der Waals surface area contributed by atoms with Gasteiger partial charge in [-0.25, -0.2) is 0 Å². The summed E-state index contributed by atoms with van der Waals surface area (Å²) in [6, 6.07) is 0. The quantitative estimate of drug-likeness (QED) is 0.373. The smallest absolute Gasteiger partial charge is 0.564 e. The zero-order valence-corrected chi connectivity index (χ0v) is 7.63. The van der Waals surface area contributed by atoms with E-state index in [-0.39, 0.29) is 18.9 Å². The molecule has 1 aromatic heterocycles. The van der Waals surface area contributed by atoms with Crippen molar-refractivity contribution >= 4 is 11.3 Å². The number of thiophene rings is 1. The van der Waals surface area contributed by atoms with E-state index in [4.69, 9.17) is 4.74 Å². The molecule has 0 aliphatic carbocycles. The SMILES string of the molecule is COc1c(C)[c-]sc1C.[Li+]. The fraction of sp³-hybridized carbons (Fsp3) is 0.429. The second-order valence-electron chi connectivity index (χ2n) is 1.92. The molecular formula is C7H9LiOS. The van der Waals surface area contributed by atoms with Gasteiger partial charge in [0.15, 0.2) is 0 Å². The summed E-state index contributed by atoms with van der Waals surface area (Å²) >= 11 is 1.61. The van der Waals surface area contributed by atoms with E-state index in [1.807, 2.05) is 13.8 Å². The van der Waals surface area contributed by atoms with Gasteiger partial charge in [-0.3, -0.25) is 11.3 Å². The third kappa shape index (κ3) is 1.79. The zero-order valence-electron chi connectivity index (χ0n) is 6.82. The molecule has 0 radical (unpaired) electrons. The number of aryl methyl sites for hydroxylation is 2. The van der Waals surface area contributed by atoms with Gasteiger partial charge < -0.3 is 4.74 Å². The maximum absolute atomic E-state index is 5.09. The van der Waals surface area contributed by atoms with Crippen molar-refractivity contribution in [1.82, 2.24) is 0 Å². The molecule has 0 bridgehead atoms. The minimum atomic E-state index is 0. The van der Waals surface area contributed by atoms with Crippen LogP contribution in [0.25, 0.3) is 0 Å². The first-order valence-corrected chi connectivity index (χ1v) is 3.59. The Balaban J connectivity index is 0.000000810. The molecule has 1 nitrogen and oxygen atoms in total. The third-order valence-corrected chi connectivity index (χ3v) is 2.12. The molecule has 0 aliphatic heterocycles. The summed E-state index contributed by atoms with van der Waals surface area (Å²) in [5.74, 6) is 0.986. The van der Waals surface area contributed by atoms with Gasteiger partial charge in [0.2, 0.25) is 0 Å². The molecule has 0 amide bonds. The third-order valence-electron chi connectivity index (χ3n) is 1.22. The largest absolute Gasteiger partial charge is 1.00 e. The van der Waals surface area contributed by atoms with E-state index in [1.54, 1.807) is 18.4 Å². The van der Waals surface area contributed by atoms with Crippen LogP contribution in [0.4, 0.5) is 0 Å². The first-order valence-electron chi connectivity index (χ1n) is 2.77. The van der Waals surface area contributed by atoms with Gasteiger partial charge in [-0.05, 0) is 5.75 Å².